The van der Waals surface area contributed by atoms with Gasteiger partial charge in [0.25, 0.3) is 0 Å². The summed E-state index contributed by atoms with van der Waals surface area (Å²) < 4.78 is 9.24. The Morgan fingerprint density at radius 3 is 2.62 bits per heavy atom. The van der Waals surface area contributed by atoms with Crippen LogP contribution in [0.2, 0.25) is 0 Å². The summed E-state index contributed by atoms with van der Waals surface area (Å²) in [5.41, 5.74) is 2.56. The number of fused-ring (bicyclic) bond motifs is 1. The van der Waals surface area contributed by atoms with Gasteiger partial charge in [-0.2, -0.15) is 15.2 Å². The van der Waals surface area contributed by atoms with Crippen molar-refractivity contribution in [2.24, 2.45) is 7.05 Å². The average Bonchev–Trinajstić information content (AvgIpc) is 3.41. The fourth-order valence-corrected chi connectivity index (χ4v) is 4.80. The number of rotatable bonds is 7. The molecule has 0 amide bonds. The van der Waals surface area contributed by atoms with Gasteiger partial charge in [-0.15, -0.1) is 0 Å². The maximum absolute atomic E-state index is 5.52. The normalized spacial score (nSPS) is 22.3. The largest absolute Gasteiger partial charge is 0.379 e. The molecule has 172 valence electrons. The fraction of sp³-hybridized carbons (Fsp3) is 0.636. The van der Waals surface area contributed by atoms with E-state index in [4.69, 9.17) is 19.8 Å². The lowest BCUT2D eigenvalue weighted by atomic mass is 9.90. The minimum Gasteiger partial charge on any atom is -0.379 e. The second-order valence-corrected chi connectivity index (χ2v) is 8.85. The topological polar surface area (TPSA) is 98.0 Å². The summed E-state index contributed by atoms with van der Waals surface area (Å²) in [6.45, 7) is 6.88. The molecule has 4 heterocycles. The first-order chi connectivity index (χ1) is 15.7. The van der Waals surface area contributed by atoms with Gasteiger partial charge in [0.05, 0.1) is 31.3 Å². The number of anilines is 3. The molecule has 5 rings (SSSR count). The van der Waals surface area contributed by atoms with Crippen LogP contribution in [0, 0.1) is 0 Å². The number of nitrogens with one attached hydrogen (secondary N) is 2. The standard InChI is InChI=1S/C22H33N9O/c1-3-8-31-15-19-20(28-31)21(27-22(26-19)25-17-13-23-29(2)14-17)24-16-4-6-18(7-5-16)30-9-11-32-12-10-30/h13-16,18H,3-12H2,1-2H3,(H2,24,25,26,27). The third-order valence-corrected chi connectivity index (χ3v) is 6.42. The monoisotopic (exact) mass is 439 g/mol. The molecule has 1 saturated heterocycles. The third kappa shape index (κ3) is 4.71. The smallest absolute Gasteiger partial charge is 0.230 e. The zero-order chi connectivity index (χ0) is 21.9. The Kier molecular flexibility index (Phi) is 6.22. The van der Waals surface area contributed by atoms with Gasteiger partial charge in [-0.3, -0.25) is 14.3 Å². The van der Waals surface area contributed by atoms with Crippen LogP contribution < -0.4 is 10.6 Å². The highest BCUT2D eigenvalue weighted by molar-refractivity contribution is 5.86. The summed E-state index contributed by atoms with van der Waals surface area (Å²) in [6.07, 6.45) is 11.4. The second kappa shape index (κ2) is 9.41. The van der Waals surface area contributed by atoms with E-state index < -0.39 is 0 Å². The molecule has 3 aromatic heterocycles. The van der Waals surface area contributed by atoms with E-state index in [1.165, 1.54) is 12.8 Å². The molecule has 1 aliphatic heterocycles. The van der Waals surface area contributed by atoms with E-state index in [0.29, 0.717) is 18.0 Å². The van der Waals surface area contributed by atoms with Crippen LogP contribution in [0.15, 0.2) is 18.6 Å². The van der Waals surface area contributed by atoms with E-state index >= 15 is 0 Å². The molecule has 10 heteroatoms. The van der Waals surface area contributed by atoms with Crippen molar-refractivity contribution in [2.75, 3.05) is 36.9 Å². The molecule has 0 aromatic carbocycles. The van der Waals surface area contributed by atoms with Crippen molar-refractivity contribution >= 4 is 28.5 Å². The Morgan fingerprint density at radius 1 is 1.09 bits per heavy atom. The summed E-state index contributed by atoms with van der Waals surface area (Å²) in [5, 5.41) is 16.0. The summed E-state index contributed by atoms with van der Waals surface area (Å²) in [6, 6.07) is 1.07. The van der Waals surface area contributed by atoms with Gasteiger partial charge in [-0.25, -0.2) is 4.98 Å². The molecule has 0 unspecified atom stereocenters. The van der Waals surface area contributed by atoms with Crippen molar-refractivity contribution in [3.63, 3.8) is 0 Å². The van der Waals surface area contributed by atoms with E-state index in [2.05, 4.69) is 27.6 Å². The van der Waals surface area contributed by atoms with E-state index in [1.807, 2.05) is 24.1 Å². The van der Waals surface area contributed by atoms with Crippen LogP contribution in [-0.4, -0.2) is 72.8 Å². The van der Waals surface area contributed by atoms with Crippen LogP contribution in [0.25, 0.3) is 11.0 Å². The molecule has 0 bridgehead atoms. The summed E-state index contributed by atoms with van der Waals surface area (Å²) in [5.74, 6) is 1.37. The zero-order valence-electron chi connectivity index (χ0n) is 19.0. The Morgan fingerprint density at radius 2 is 1.91 bits per heavy atom. The van der Waals surface area contributed by atoms with Crippen molar-refractivity contribution in [1.82, 2.24) is 34.4 Å². The predicted octanol–water partition coefficient (Wildman–Crippen LogP) is 2.77. The van der Waals surface area contributed by atoms with Crippen molar-refractivity contribution < 1.29 is 4.74 Å². The quantitative estimate of drug-likeness (QED) is 0.580. The summed E-state index contributed by atoms with van der Waals surface area (Å²) in [4.78, 5) is 12.1. The van der Waals surface area contributed by atoms with Crippen LogP contribution in [0.3, 0.4) is 0 Å². The Bertz CT molecular complexity index is 1030. The van der Waals surface area contributed by atoms with Crippen molar-refractivity contribution in [3.05, 3.63) is 18.6 Å². The predicted molar refractivity (Wildman–Crippen MR) is 124 cm³/mol. The average molecular weight is 440 g/mol. The Hall–Kier alpha value is -2.72. The van der Waals surface area contributed by atoms with Gasteiger partial charge in [-0.1, -0.05) is 6.92 Å². The minimum atomic E-state index is 0.396. The van der Waals surface area contributed by atoms with E-state index in [0.717, 1.165) is 74.6 Å². The first-order valence-electron chi connectivity index (χ1n) is 11.8. The molecule has 1 aliphatic carbocycles. The molecular formula is C22H33N9O. The number of aromatic nitrogens is 6. The van der Waals surface area contributed by atoms with Crippen molar-refractivity contribution in [2.45, 2.75) is 57.7 Å². The molecule has 2 fully saturated rings. The maximum atomic E-state index is 5.52. The number of hydrogen-bond donors (Lipinski definition) is 2. The Balaban J connectivity index is 1.33. The fourth-order valence-electron chi connectivity index (χ4n) is 4.80. The van der Waals surface area contributed by atoms with Crippen LogP contribution in [0.4, 0.5) is 17.5 Å². The third-order valence-electron chi connectivity index (χ3n) is 6.42. The number of hydrogen-bond acceptors (Lipinski definition) is 8. The Labute approximate surface area is 188 Å². The lowest BCUT2D eigenvalue weighted by Gasteiger charge is -2.39. The highest BCUT2D eigenvalue weighted by Gasteiger charge is 2.27. The second-order valence-electron chi connectivity index (χ2n) is 8.85. The summed E-state index contributed by atoms with van der Waals surface area (Å²) in [7, 11) is 1.89. The highest BCUT2D eigenvalue weighted by atomic mass is 16.5. The highest BCUT2D eigenvalue weighted by Crippen LogP contribution is 2.29. The first-order valence-corrected chi connectivity index (χ1v) is 11.8. The molecule has 10 nitrogen and oxygen atoms in total. The van der Waals surface area contributed by atoms with Crippen molar-refractivity contribution in [1.29, 1.82) is 0 Å². The molecule has 3 aromatic rings. The first kappa shape index (κ1) is 21.1. The molecule has 0 radical (unpaired) electrons. The van der Waals surface area contributed by atoms with Gasteiger partial charge in [0.2, 0.25) is 5.95 Å². The minimum absolute atomic E-state index is 0.396. The summed E-state index contributed by atoms with van der Waals surface area (Å²) >= 11 is 0. The lowest BCUT2D eigenvalue weighted by molar-refractivity contribution is 0.00791. The number of ether oxygens (including phenoxy) is 1. The molecule has 0 atom stereocenters. The van der Waals surface area contributed by atoms with Crippen molar-refractivity contribution in [3.8, 4) is 0 Å². The van der Waals surface area contributed by atoms with E-state index in [1.54, 1.807) is 10.9 Å². The van der Waals surface area contributed by atoms with Crippen LogP contribution in [-0.2, 0) is 18.3 Å². The van der Waals surface area contributed by atoms with E-state index in [-0.39, 0.29) is 0 Å². The van der Waals surface area contributed by atoms with Gasteiger partial charge >= 0.3 is 0 Å². The molecule has 0 spiro atoms. The number of aryl methyl sites for hydroxylation is 2. The molecule has 32 heavy (non-hydrogen) atoms. The van der Waals surface area contributed by atoms with Gasteiger partial charge in [0.15, 0.2) is 11.3 Å². The molecule has 2 N–H and O–H groups in total. The van der Waals surface area contributed by atoms with Crippen LogP contribution in [0.1, 0.15) is 39.0 Å². The van der Waals surface area contributed by atoms with Gasteiger partial charge in [0.1, 0.15) is 5.52 Å². The SMILES string of the molecule is CCCn1cc2nc(Nc3cnn(C)c3)nc(NC3CCC(N4CCOCC4)CC3)c2n1. The number of nitrogens with zero attached hydrogens (tertiary/aromatic N) is 7. The van der Waals surface area contributed by atoms with Gasteiger partial charge in [-0.05, 0) is 32.1 Å². The van der Waals surface area contributed by atoms with Gasteiger partial charge < -0.3 is 15.4 Å². The van der Waals surface area contributed by atoms with Crippen LogP contribution >= 0.6 is 0 Å². The van der Waals surface area contributed by atoms with E-state index in [9.17, 15) is 0 Å². The maximum Gasteiger partial charge on any atom is 0.230 e. The zero-order valence-corrected chi connectivity index (χ0v) is 19.0. The molecule has 1 saturated carbocycles. The lowest BCUT2D eigenvalue weighted by Crippen LogP contribution is -2.46. The van der Waals surface area contributed by atoms with Gasteiger partial charge in [0, 0.05) is 45.0 Å². The molecule has 2 aliphatic rings. The van der Waals surface area contributed by atoms with Crippen LogP contribution in [0.5, 0.6) is 0 Å². The molecular weight excluding hydrogens is 406 g/mol. The number of morpholine rings is 1.